The van der Waals surface area contributed by atoms with Crippen LogP contribution < -0.4 is 5.32 Å². The maximum Gasteiger partial charge on any atom is 0.321 e. The minimum absolute atomic E-state index is 0.116. The number of hydrogen-bond donors (Lipinski definition) is 2. The molecule has 0 aliphatic rings. The molecule has 76 valence electrons. The Labute approximate surface area is 77.1 Å². The van der Waals surface area contributed by atoms with Crippen molar-refractivity contribution in [2.75, 3.05) is 19.7 Å². The van der Waals surface area contributed by atoms with Crippen molar-refractivity contribution in [1.29, 1.82) is 0 Å². The van der Waals surface area contributed by atoms with Crippen molar-refractivity contribution in [3.05, 3.63) is 0 Å². The summed E-state index contributed by atoms with van der Waals surface area (Å²) in [7, 11) is 0. The molecule has 1 atom stereocenters. The summed E-state index contributed by atoms with van der Waals surface area (Å²) >= 11 is 0. The summed E-state index contributed by atoms with van der Waals surface area (Å²) in [6.07, 6.45) is 0. The van der Waals surface area contributed by atoms with Crippen molar-refractivity contribution in [3.63, 3.8) is 0 Å². The molecule has 0 aromatic rings. The summed E-state index contributed by atoms with van der Waals surface area (Å²) < 4.78 is 4.60. The highest BCUT2D eigenvalue weighted by atomic mass is 16.5. The lowest BCUT2D eigenvalue weighted by atomic mass is 10.1. The zero-order valence-electron chi connectivity index (χ0n) is 7.87. The average Bonchev–Trinajstić information content (AvgIpc) is 2.05. The molecule has 0 aliphatic carbocycles. The normalized spacial score (nSPS) is 12.2. The first-order valence-electron chi connectivity index (χ1n) is 4.23. The summed E-state index contributed by atoms with van der Waals surface area (Å²) in [5.74, 6) is -2.93. The van der Waals surface area contributed by atoms with Crippen LogP contribution in [0.4, 0.5) is 0 Å². The van der Waals surface area contributed by atoms with Crippen molar-refractivity contribution < 1.29 is 19.4 Å². The molecular formula is C8H15NO4. The number of carbonyl (C=O) groups excluding carboxylic acids is 1. The summed E-state index contributed by atoms with van der Waals surface area (Å²) in [4.78, 5) is 21.6. The van der Waals surface area contributed by atoms with E-state index in [1.807, 2.05) is 6.92 Å². The highest BCUT2D eigenvalue weighted by Crippen LogP contribution is 1.98. The molecule has 0 aromatic carbocycles. The second-order valence-corrected chi connectivity index (χ2v) is 2.45. The van der Waals surface area contributed by atoms with E-state index < -0.39 is 17.9 Å². The number of nitrogens with one attached hydrogen (secondary N) is 1. The Morgan fingerprint density at radius 3 is 2.46 bits per heavy atom. The molecule has 0 saturated heterocycles. The molecule has 5 nitrogen and oxygen atoms in total. The minimum atomic E-state index is -1.15. The first-order chi connectivity index (χ1) is 6.13. The Hall–Kier alpha value is -1.10. The second kappa shape index (κ2) is 6.42. The number of rotatable bonds is 6. The van der Waals surface area contributed by atoms with Crippen LogP contribution in [0.3, 0.4) is 0 Å². The summed E-state index contributed by atoms with van der Waals surface area (Å²) in [6, 6.07) is 0. The fourth-order valence-corrected chi connectivity index (χ4v) is 0.803. The Morgan fingerprint density at radius 1 is 1.46 bits per heavy atom. The van der Waals surface area contributed by atoms with Gasteiger partial charge in [-0.1, -0.05) is 6.92 Å². The molecule has 5 heteroatoms. The molecule has 0 radical (unpaired) electrons. The quantitative estimate of drug-likeness (QED) is 0.449. The average molecular weight is 189 g/mol. The topological polar surface area (TPSA) is 75.6 Å². The fraction of sp³-hybridized carbons (Fsp3) is 0.750. The SMILES string of the molecule is CCNCC(C(=O)O)C(=O)OCC. The number of ether oxygens (including phenoxy) is 1. The molecule has 13 heavy (non-hydrogen) atoms. The van der Waals surface area contributed by atoms with Crippen LogP contribution in [0.15, 0.2) is 0 Å². The third-order valence-corrected chi connectivity index (χ3v) is 1.47. The van der Waals surface area contributed by atoms with Gasteiger partial charge >= 0.3 is 11.9 Å². The maximum atomic E-state index is 11.0. The monoisotopic (exact) mass is 189 g/mol. The van der Waals surface area contributed by atoms with Gasteiger partial charge in [0.25, 0.3) is 0 Å². The number of hydrogen-bond acceptors (Lipinski definition) is 4. The fourth-order valence-electron chi connectivity index (χ4n) is 0.803. The van der Waals surface area contributed by atoms with E-state index in [1.54, 1.807) is 6.92 Å². The molecule has 0 aliphatic heterocycles. The van der Waals surface area contributed by atoms with Crippen LogP contribution in [0.1, 0.15) is 13.8 Å². The third-order valence-electron chi connectivity index (χ3n) is 1.47. The van der Waals surface area contributed by atoms with Gasteiger partial charge in [0, 0.05) is 6.54 Å². The van der Waals surface area contributed by atoms with E-state index in [2.05, 4.69) is 10.1 Å². The molecule has 0 rings (SSSR count). The van der Waals surface area contributed by atoms with Gasteiger partial charge in [0.15, 0.2) is 5.92 Å². The highest BCUT2D eigenvalue weighted by molar-refractivity contribution is 5.94. The van der Waals surface area contributed by atoms with Crippen molar-refractivity contribution in [2.24, 2.45) is 5.92 Å². The van der Waals surface area contributed by atoms with Crippen molar-refractivity contribution in [2.45, 2.75) is 13.8 Å². The Bertz CT molecular complexity index is 181. The molecule has 0 bridgehead atoms. The zero-order chi connectivity index (χ0) is 10.3. The van der Waals surface area contributed by atoms with Crippen molar-refractivity contribution in [1.82, 2.24) is 5.32 Å². The predicted molar refractivity (Wildman–Crippen MR) is 46.3 cm³/mol. The predicted octanol–water partition coefficient (Wildman–Crippen LogP) is -0.140. The van der Waals surface area contributed by atoms with E-state index in [-0.39, 0.29) is 13.2 Å². The standard InChI is InChI=1S/C8H15NO4/c1-3-9-5-6(7(10)11)8(12)13-4-2/h6,9H,3-5H2,1-2H3,(H,10,11). The largest absolute Gasteiger partial charge is 0.481 e. The first kappa shape index (κ1) is 11.9. The number of esters is 1. The molecular weight excluding hydrogens is 174 g/mol. The maximum absolute atomic E-state index is 11.0. The van der Waals surface area contributed by atoms with Crippen molar-refractivity contribution in [3.8, 4) is 0 Å². The van der Waals surface area contributed by atoms with E-state index in [0.717, 1.165) is 0 Å². The minimum Gasteiger partial charge on any atom is -0.481 e. The summed E-state index contributed by atoms with van der Waals surface area (Å²) in [5, 5.41) is 11.4. The summed E-state index contributed by atoms with van der Waals surface area (Å²) in [5.41, 5.74) is 0. The van der Waals surface area contributed by atoms with Crippen LogP contribution in [0.2, 0.25) is 0 Å². The smallest absolute Gasteiger partial charge is 0.321 e. The van der Waals surface area contributed by atoms with Crippen LogP contribution >= 0.6 is 0 Å². The number of carboxylic acids is 1. The van der Waals surface area contributed by atoms with Crippen LogP contribution in [0.5, 0.6) is 0 Å². The van der Waals surface area contributed by atoms with Crippen LogP contribution in [-0.2, 0) is 14.3 Å². The van der Waals surface area contributed by atoms with Gasteiger partial charge in [-0.15, -0.1) is 0 Å². The van der Waals surface area contributed by atoms with Gasteiger partial charge in [-0.25, -0.2) is 0 Å². The molecule has 1 unspecified atom stereocenters. The van der Waals surface area contributed by atoms with Gasteiger partial charge < -0.3 is 15.2 Å². The molecule has 0 spiro atoms. The molecule has 0 amide bonds. The van der Waals surface area contributed by atoms with Gasteiger partial charge in [-0.05, 0) is 13.5 Å². The van der Waals surface area contributed by atoms with Gasteiger partial charge in [0.05, 0.1) is 6.61 Å². The third kappa shape index (κ3) is 4.47. The number of carboxylic acid groups (broad SMARTS) is 1. The summed E-state index contributed by atoms with van der Waals surface area (Å²) in [6.45, 7) is 4.43. The second-order valence-electron chi connectivity index (χ2n) is 2.45. The molecule has 0 saturated carbocycles. The Kier molecular flexibility index (Phi) is 5.88. The van der Waals surface area contributed by atoms with Crippen molar-refractivity contribution >= 4 is 11.9 Å². The van der Waals surface area contributed by atoms with Gasteiger partial charge in [0.1, 0.15) is 0 Å². The van der Waals surface area contributed by atoms with E-state index in [1.165, 1.54) is 0 Å². The van der Waals surface area contributed by atoms with Crippen LogP contribution in [0, 0.1) is 5.92 Å². The molecule has 0 heterocycles. The zero-order valence-corrected chi connectivity index (χ0v) is 7.87. The molecule has 2 N–H and O–H groups in total. The van der Waals surface area contributed by atoms with Crippen LogP contribution in [0.25, 0.3) is 0 Å². The number of aliphatic carboxylic acids is 1. The first-order valence-corrected chi connectivity index (χ1v) is 4.23. The van der Waals surface area contributed by atoms with Gasteiger partial charge in [-0.3, -0.25) is 9.59 Å². The van der Waals surface area contributed by atoms with E-state index in [4.69, 9.17) is 5.11 Å². The van der Waals surface area contributed by atoms with Gasteiger partial charge in [-0.2, -0.15) is 0 Å². The Balaban J connectivity index is 4.07. The molecule has 0 aromatic heterocycles. The lowest BCUT2D eigenvalue weighted by molar-refractivity contribution is -0.158. The van der Waals surface area contributed by atoms with Crippen LogP contribution in [-0.4, -0.2) is 36.7 Å². The Morgan fingerprint density at radius 2 is 2.08 bits per heavy atom. The number of carbonyl (C=O) groups is 2. The molecule has 0 fully saturated rings. The van der Waals surface area contributed by atoms with Gasteiger partial charge in [0.2, 0.25) is 0 Å². The van der Waals surface area contributed by atoms with E-state index in [0.29, 0.717) is 6.54 Å². The lowest BCUT2D eigenvalue weighted by Crippen LogP contribution is -2.35. The van der Waals surface area contributed by atoms with E-state index in [9.17, 15) is 9.59 Å². The highest BCUT2D eigenvalue weighted by Gasteiger charge is 2.26. The lowest BCUT2D eigenvalue weighted by Gasteiger charge is -2.10. The van der Waals surface area contributed by atoms with E-state index >= 15 is 0 Å².